The molecule has 2 saturated carbocycles. The average Bonchev–Trinajstić information content (AvgIpc) is 3.37. The van der Waals surface area contributed by atoms with Crippen LogP contribution < -0.4 is 0 Å². The molecule has 1 aromatic rings. The van der Waals surface area contributed by atoms with Gasteiger partial charge < -0.3 is 4.74 Å². The number of hydrogen-bond acceptors (Lipinski definition) is 4. The van der Waals surface area contributed by atoms with Gasteiger partial charge in [0.25, 0.3) is 0 Å². The summed E-state index contributed by atoms with van der Waals surface area (Å²) in [5, 5.41) is 4.66. The van der Waals surface area contributed by atoms with Crippen LogP contribution in [0.5, 0.6) is 0 Å². The van der Waals surface area contributed by atoms with Crippen molar-refractivity contribution >= 4 is 24.1 Å². The van der Waals surface area contributed by atoms with Gasteiger partial charge in [-0.3, -0.25) is 14.5 Å². The molecular formula is C21H28ClN3O2. The smallest absolute Gasteiger partial charge is 0.146 e. The van der Waals surface area contributed by atoms with Crippen molar-refractivity contribution in [3.63, 3.8) is 0 Å². The molecule has 0 spiro atoms. The van der Waals surface area contributed by atoms with E-state index in [1.165, 1.54) is 74.7 Å². The first kappa shape index (κ1) is 19.9. The van der Waals surface area contributed by atoms with Crippen molar-refractivity contribution < 1.29 is 9.53 Å². The van der Waals surface area contributed by atoms with Crippen molar-refractivity contribution in [3.05, 3.63) is 41.5 Å². The number of aromatic nitrogens is 2. The second-order valence-corrected chi connectivity index (χ2v) is 7.61. The van der Waals surface area contributed by atoms with Crippen molar-refractivity contribution in [2.45, 2.75) is 63.3 Å². The van der Waals surface area contributed by atoms with Gasteiger partial charge in [-0.15, -0.1) is 0 Å². The summed E-state index contributed by atoms with van der Waals surface area (Å²) in [4.78, 5) is 14.9. The maximum atomic E-state index is 10.9. The first-order valence-corrected chi connectivity index (χ1v) is 10.4. The molecule has 0 radical (unpaired) electrons. The predicted octanol–water partition coefficient (Wildman–Crippen LogP) is 5.15. The fourth-order valence-corrected chi connectivity index (χ4v) is 4.48. The maximum Gasteiger partial charge on any atom is 0.146 e. The number of nitrogens with zero attached hydrogens (tertiary/aromatic N) is 3. The monoisotopic (exact) mass is 389 g/mol. The molecule has 0 saturated heterocycles. The Morgan fingerprint density at radius 2 is 2.04 bits per heavy atom. The highest BCUT2D eigenvalue weighted by molar-refractivity contribution is 6.25. The number of aliphatic imine (C=N–C) groups is 1. The number of hydrogen-bond donors (Lipinski definition) is 0. The van der Waals surface area contributed by atoms with Gasteiger partial charge >= 0.3 is 0 Å². The van der Waals surface area contributed by atoms with Gasteiger partial charge in [-0.25, -0.2) is 0 Å². The molecule has 5 nitrogen and oxygen atoms in total. The van der Waals surface area contributed by atoms with Crippen LogP contribution in [0.15, 0.2) is 40.8 Å². The third-order valence-electron chi connectivity index (χ3n) is 5.70. The van der Waals surface area contributed by atoms with Gasteiger partial charge in [-0.05, 0) is 31.7 Å². The molecule has 0 bridgehead atoms. The number of rotatable bonds is 8. The third kappa shape index (κ3) is 5.32. The number of ether oxygens (including phenoxy) is 1. The molecule has 1 heterocycles. The molecule has 2 atom stereocenters. The molecule has 2 aliphatic rings. The Labute approximate surface area is 166 Å². The fraction of sp³-hybridized carbons (Fsp3) is 0.571. The van der Waals surface area contributed by atoms with Crippen molar-refractivity contribution in [1.29, 1.82) is 0 Å². The number of allylic oxidation sites excluding steroid dienone is 2. The molecule has 0 N–H and O–H groups in total. The molecule has 2 aliphatic carbocycles. The largest absolute Gasteiger partial charge is 0.492 e. The highest BCUT2D eigenvalue weighted by Crippen LogP contribution is 2.40. The Morgan fingerprint density at radius 1 is 1.26 bits per heavy atom. The lowest BCUT2D eigenvalue weighted by atomic mass is 9.77. The second-order valence-electron chi connectivity index (χ2n) is 7.36. The van der Waals surface area contributed by atoms with E-state index in [4.69, 9.17) is 16.3 Å². The summed E-state index contributed by atoms with van der Waals surface area (Å²) in [5.74, 6) is 1.34. The van der Waals surface area contributed by atoms with Gasteiger partial charge in [0.2, 0.25) is 0 Å². The molecular weight excluding hydrogens is 362 g/mol. The number of halogens is 1. The SMILES string of the molecule is O=CC=C(C=NC=CCl)OCC1CCCCC1c1ccnn1C1CCCC1. The minimum absolute atomic E-state index is 0.419. The van der Waals surface area contributed by atoms with Crippen molar-refractivity contribution in [1.82, 2.24) is 9.78 Å². The Morgan fingerprint density at radius 3 is 2.81 bits per heavy atom. The zero-order valence-corrected chi connectivity index (χ0v) is 16.4. The van der Waals surface area contributed by atoms with Gasteiger partial charge in [0.05, 0.1) is 18.9 Å². The van der Waals surface area contributed by atoms with E-state index < -0.39 is 0 Å². The molecule has 1 aromatic heterocycles. The molecule has 0 aromatic carbocycles. The molecule has 3 rings (SSSR count). The average molecular weight is 390 g/mol. The zero-order chi connectivity index (χ0) is 18.9. The van der Waals surface area contributed by atoms with Gasteiger partial charge in [0.1, 0.15) is 12.0 Å². The highest BCUT2D eigenvalue weighted by Gasteiger charge is 2.31. The van der Waals surface area contributed by atoms with E-state index in [0.29, 0.717) is 30.2 Å². The molecule has 2 unspecified atom stereocenters. The van der Waals surface area contributed by atoms with Crippen LogP contribution in [-0.4, -0.2) is 28.9 Å². The van der Waals surface area contributed by atoms with Crippen LogP contribution in [0.3, 0.4) is 0 Å². The molecule has 2 fully saturated rings. The van der Waals surface area contributed by atoms with E-state index in [-0.39, 0.29) is 0 Å². The molecule has 0 amide bonds. The topological polar surface area (TPSA) is 56.5 Å². The van der Waals surface area contributed by atoms with Crippen molar-refractivity contribution in [3.8, 4) is 0 Å². The number of aldehydes is 1. The first-order chi connectivity index (χ1) is 13.3. The molecule has 27 heavy (non-hydrogen) atoms. The Kier molecular flexibility index (Phi) is 7.69. The first-order valence-electron chi connectivity index (χ1n) is 9.93. The minimum Gasteiger partial charge on any atom is -0.492 e. The molecule has 6 heteroatoms. The van der Waals surface area contributed by atoms with Crippen LogP contribution in [-0.2, 0) is 9.53 Å². The van der Waals surface area contributed by atoms with Crippen LogP contribution in [0.4, 0.5) is 0 Å². The van der Waals surface area contributed by atoms with Crippen molar-refractivity contribution in [2.24, 2.45) is 10.9 Å². The van der Waals surface area contributed by atoms with E-state index in [2.05, 4.69) is 20.8 Å². The van der Waals surface area contributed by atoms with Crippen LogP contribution >= 0.6 is 11.6 Å². The summed E-state index contributed by atoms with van der Waals surface area (Å²) < 4.78 is 8.22. The number of carbonyl (C=O) groups excluding carboxylic acids is 1. The van der Waals surface area contributed by atoms with E-state index in [0.717, 1.165) is 12.7 Å². The van der Waals surface area contributed by atoms with Gasteiger partial charge in [-0.2, -0.15) is 5.10 Å². The summed E-state index contributed by atoms with van der Waals surface area (Å²) in [7, 11) is 0. The van der Waals surface area contributed by atoms with Gasteiger partial charge in [0.15, 0.2) is 0 Å². The van der Waals surface area contributed by atoms with Crippen LogP contribution in [0.2, 0.25) is 0 Å². The zero-order valence-electron chi connectivity index (χ0n) is 15.7. The Bertz CT molecular complexity index is 689. The maximum absolute atomic E-state index is 10.9. The Hall–Kier alpha value is -1.88. The lowest BCUT2D eigenvalue weighted by Gasteiger charge is -2.32. The fourth-order valence-electron chi connectivity index (χ4n) is 4.42. The lowest BCUT2D eigenvalue weighted by Crippen LogP contribution is -2.26. The minimum atomic E-state index is 0.419. The molecule has 146 valence electrons. The van der Waals surface area contributed by atoms with E-state index >= 15 is 0 Å². The van der Waals surface area contributed by atoms with E-state index in [9.17, 15) is 4.79 Å². The third-order valence-corrected chi connectivity index (χ3v) is 5.81. The quantitative estimate of drug-likeness (QED) is 0.267. The highest BCUT2D eigenvalue weighted by atomic mass is 35.5. The summed E-state index contributed by atoms with van der Waals surface area (Å²) in [6, 6.07) is 2.74. The van der Waals surface area contributed by atoms with Crippen LogP contribution in [0.25, 0.3) is 0 Å². The molecule has 0 aliphatic heterocycles. The number of carbonyl (C=O) groups is 1. The van der Waals surface area contributed by atoms with Crippen LogP contribution in [0.1, 0.15) is 69.0 Å². The van der Waals surface area contributed by atoms with E-state index in [1.54, 1.807) is 0 Å². The summed E-state index contributed by atoms with van der Waals surface area (Å²) in [5.41, 5.74) is 2.67. The standard InChI is InChI=1S/C21H28ClN3O2/c22-11-13-23-15-19(10-14-26)27-16-17-5-1-4-8-20(17)21-9-12-24-25(21)18-6-2-3-7-18/h9-15,17-18,20H,1-8,16H2. The predicted molar refractivity (Wildman–Crippen MR) is 108 cm³/mol. The van der Waals surface area contributed by atoms with E-state index in [1.807, 2.05) is 6.20 Å². The van der Waals surface area contributed by atoms with Crippen LogP contribution in [0, 0.1) is 5.92 Å². The van der Waals surface area contributed by atoms with Gasteiger partial charge in [0, 0.05) is 41.5 Å². The normalized spacial score (nSPS) is 24.9. The summed E-state index contributed by atoms with van der Waals surface area (Å²) in [6.07, 6.45) is 16.9. The lowest BCUT2D eigenvalue weighted by molar-refractivity contribution is -0.104. The van der Waals surface area contributed by atoms with Crippen molar-refractivity contribution in [2.75, 3.05) is 6.61 Å². The van der Waals surface area contributed by atoms with Gasteiger partial charge in [-0.1, -0.05) is 37.3 Å². The summed E-state index contributed by atoms with van der Waals surface area (Å²) >= 11 is 5.47. The second kappa shape index (κ2) is 10.5. The summed E-state index contributed by atoms with van der Waals surface area (Å²) in [6.45, 7) is 0.580. The Balaban J connectivity index is 1.69.